The lowest BCUT2D eigenvalue weighted by Gasteiger charge is -2.05. The SMILES string of the molecule is Cc1nc2ccccc2nc1-c1c(C)noc1C. The molecule has 0 aliphatic rings. The fourth-order valence-corrected chi connectivity index (χ4v) is 2.15. The van der Waals surface area contributed by atoms with Crippen LogP contribution < -0.4 is 0 Å². The Morgan fingerprint density at radius 3 is 2.17 bits per heavy atom. The van der Waals surface area contributed by atoms with E-state index >= 15 is 0 Å². The molecule has 0 amide bonds. The average molecular weight is 239 g/mol. The summed E-state index contributed by atoms with van der Waals surface area (Å²) in [6.07, 6.45) is 0. The molecule has 18 heavy (non-hydrogen) atoms. The van der Waals surface area contributed by atoms with Gasteiger partial charge in [-0.05, 0) is 32.9 Å². The number of benzene rings is 1. The first-order chi connectivity index (χ1) is 8.66. The van der Waals surface area contributed by atoms with Crippen LogP contribution in [0.4, 0.5) is 0 Å². The van der Waals surface area contributed by atoms with Crippen molar-refractivity contribution in [2.24, 2.45) is 0 Å². The molecule has 0 unspecified atom stereocenters. The summed E-state index contributed by atoms with van der Waals surface area (Å²) in [5, 5.41) is 3.97. The van der Waals surface area contributed by atoms with Gasteiger partial charge in [-0.2, -0.15) is 0 Å². The van der Waals surface area contributed by atoms with Crippen molar-refractivity contribution in [2.45, 2.75) is 20.8 Å². The third-order valence-electron chi connectivity index (χ3n) is 3.02. The van der Waals surface area contributed by atoms with Crippen LogP contribution in [0, 0.1) is 20.8 Å². The molecule has 0 spiro atoms. The smallest absolute Gasteiger partial charge is 0.143 e. The summed E-state index contributed by atoms with van der Waals surface area (Å²) >= 11 is 0. The fourth-order valence-electron chi connectivity index (χ4n) is 2.15. The van der Waals surface area contributed by atoms with Crippen LogP contribution in [0.25, 0.3) is 22.3 Å². The van der Waals surface area contributed by atoms with E-state index in [4.69, 9.17) is 4.52 Å². The van der Waals surface area contributed by atoms with Crippen LogP contribution in [0.1, 0.15) is 17.1 Å². The number of hydrogen-bond donors (Lipinski definition) is 0. The molecule has 0 saturated heterocycles. The van der Waals surface area contributed by atoms with Crippen LogP contribution in [0.3, 0.4) is 0 Å². The molecular weight excluding hydrogens is 226 g/mol. The van der Waals surface area contributed by atoms with E-state index in [-0.39, 0.29) is 0 Å². The van der Waals surface area contributed by atoms with Crippen molar-refractivity contribution < 1.29 is 4.52 Å². The first-order valence-electron chi connectivity index (χ1n) is 5.83. The van der Waals surface area contributed by atoms with Crippen molar-refractivity contribution in [3.8, 4) is 11.3 Å². The lowest BCUT2D eigenvalue weighted by Crippen LogP contribution is -1.95. The lowest BCUT2D eigenvalue weighted by atomic mass is 10.1. The van der Waals surface area contributed by atoms with E-state index in [1.54, 1.807) is 0 Å². The van der Waals surface area contributed by atoms with Crippen molar-refractivity contribution in [3.05, 3.63) is 41.4 Å². The van der Waals surface area contributed by atoms with E-state index in [9.17, 15) is 0 Å². The Kier molecular flexibility index (Phi) is 2.37. The third-order valence-corrected chi connectivity index (χ3v) is 3.02. The first kappa shape index (κ1) is 10.9. The molecular formula is C14H13N3O. The number of aromatic nitrogens is 3. The molecule has 4 nitrogen and oxygen atoms in total. The van der Waals surface area contributed by atoms with Crippen LogP contribution in [0.5, 0.6) is 0 Å². The topological polar surface area (TPSA) is 51.8 Å². The minimum absolute atomic E-state index is 0.778. The molecule has 90 valence electrons. The van der Waals surface area contributed by atoms with Gasteiger partial charge in [0.15, 0.2) is 0 Å². The van der Waals surface area contributed by atoms with Crippen LogP contribution in [-0.4, -0.2) is 15.1 Å². The molecule has 3 rings (SSSR count). The summed E-state index contributed by atoms with van der Waals surface area (Å²) in [5.41, 5.74) is 5.34. The minimum Gasteiger partial charge on any atom is -0.361 e. The van der Waals surface area contributed by atoms with Gasteiger partial charge in [-0.1, -0.05) is 17.3 Å². The van der Waals surface area contributed by atoms with Gasteiger partial charge < -0.3 is 4.52 Å². The van der Waals surface area contributed by atoms with E-state index in [1.807, 2.05) is 45.0 Å². The predicted octanol–water partition coefficient (Wildman–Crippen LogP) is 3.21. The van der Waals surface area contributed by atoms with Gasteiger partial charge in [0.2, 0.25) is 0 Å². The zero-order valence-corrected chi connectivity index (χ0v) is 10.6. The number of para-hydroxylation sites is 2. The zero-order chi connectivity index (χ0) is 12.7. The molecule has 0 bridgehead atoms. The summed E-state index contributed by atoms with van der Waals surface area (Å²) in [6, 6.07) is 7.85. The van der Waals surface area contributed by atoms with Crippen molar-refractivity contribution in [2.75, 3.05) is 0 Å². The van der Waals surface area contributed by atoms with Crippen molar-refractivity contribution in [1.82, 2.24) is 15.1 Å². The van der Waals surface area contributed by atoms with Gasteiger partial charge in [-0.3, -0.25) is 0 Å². The van der Waals surface area contributed by atoms with Crippen molar-refractivity contribution in [1.29, 1.82) is 0 Å². The second-order valence-corrected chi connectivity index (χ2v) is 4.35. The van der Waals surface area contributed by atoms with Gasteiger partial charge in [-0.25, -0.2) is 9.97 Å². The molecule has 0 saturated carbocycles. The van der Waals surface area contributed by atoms with E-state index in [2.05, 4.69) is 15.1 Å². The fraction of sp³-hybridized carbons (Fsp3) is 0.214. The summed E-state index contributed by atoms with van der Waals surface area (Å²) in [4.78, 5) is 9.26. The van der Waals surface area contributed by atoms with E-state index in [0.29, 0.717) is 0 Å². The van der Waals surface area contributed by atoms with Gasteiger partial charge in [0.25, 0.3) is 0 Å². The van der Waals surface area contributed by atoms with E-state index < -0.39 is 0 Å². The highest BCUT2D eigenvalue weighted by Gasteiger charge is 2.16. The third kappa shape index (κ3) is 1.57. The molecule has 2 heterocycles. The molecule has 1 aromatic carbocycles. The monoisotopic (exact) mass is 239 g/mol. The van der Waals surface area contributed by atoms with Crippen molar-refractivity contribution in [3.63, 3.8) is 0 Å². The Morgan fingerprint density at radius 1 is 0.889 bits per heavy atom. The second-order valence-electron chi connectivity index (χ2n) is 4.35. The number of aryl methyl sites for hydroxylation is 3. The van der Waals surface area contributed by atoms with Gasteiger partial charge in [0, 0.05) is 0 Å². The number of fused-ring (bicyclic) bond motifs is 1. The molecule has 0 N–H and O–H groups in total. The molecule has 0 radical (unpaired) electrons. The lowest BCUT2D eigenvalue weighted by molar-refractivity contribution is 0.393. The largest absolute Gasteiger partial charge is 0.361 e. The number of nitrogens with zero attached hydrogens (tertiary/aromatic N) is 3. The van der Waals surface area contributed by atoms with Gasteiger partial charge in [-0.15, -0.1) is 0 Å². The maximum absolute atomic E-state index is 5.20. The molecule has 2 aromatic heterocycles. The second kappa shape index (κ2) is 3.91. The molecule has 0 aliphatic carbocycles. The number of rotatable bonds is 1. The molecule has 4 heteroatoms. The molecule has 3 aromatic rings. The Balaban J connectivity index is 2.33. The summed E-state index contributed by atoms with van der Waals surface area (Å²) in [6.45, 7) is 5.77. The molecule has 0 fully saturated rings. The standard InChI is InChI=1S/C14H13N3O/c1-8-13(10(3)18-17-8)14-9(2)15-11-6-4-5-7-12(11)16-14/h4-7H,1-3H3. The van der Waals surface area contributed by atoms with Crippen molar-refractivity contribution >= 4 is 11.0 Å². The maximum Gasteiger partial charge on any atom is 0.143 e. The highest BCUT2D eigenvalue weighted by Crippen LogP contribution is 2.28. The van der Waals surface area contributed by atoms with E-state index in [0.717, 1.165) is 39.4 Å². The summed E-state index contributed by atoms with van der Waals surface area (Å²) < 4.78 is 5.20. The van der Waals surface area contributed by atoms with Crippen LogP contribution in [-0.2, 0) is 0 Å². The Morgan fingerprint density at radius 2 is 1.56 bits per heavy atom. The Labute approximate surface area is 105 Å². The highest BCUT2D eigenvalue weighted by atomic mass is 16.5. The van der Waals surface area contributed by atoms with Gasteiger partial charge in [0.1, 0.15) is 5.76 Å². The van der Waals surface area contributed by atoms with Gasteiger partial charge >= 0.3 is 0 Å². The summed E-state index contributed by atoms with van der Waals surface area (Å²) in [5.74, 6) is 0.778. The normalized spacial score (nSPS) is 11.1. The minimum atomic E-state index is 0.778. The Hall–Kier alpha value is -2.23. The zero-order valence-electron chi connectivity index (χ0n) is 10.6. The average Bonchev–Trinajstić information content (AvgIpc) is 2.68. The maximum atomic E-state index is 5.20. The van der Waals surface area contributed by atoms with Crippen LogP contribution in [0.2, 0.25) is 0 Å². The van der Waals surface area contributed by atoms with Crippen LogP contribution in [0.15, 0.2) is 28.8 Å². The first-order valence-corrected chi connectivity index (χ1v) is 5.83. The van der Waals surface area contributed by atoms with Crippen LogP contribution >= 0.6 is 0 Å². The predicted molar refractivity (Wildman–Crippen MR) is 69.2 cm³/mol. The van der Waals surface area contributed by atoms with E-state index in [1.165, 1.54) is 0 Å². The summed E-state index contributed by atoms with van der Waals surface area (Å²) in [7, 11) is 0. The highest BCUT2D eigenvalue weighted by molar-refractivity contribution is 5.79. The number of hydrogen-bond acceptors (Lipinski definition) is 4. The quantitative estimate of drug-likeness (QED) is 0.654. The molecule has 0 atom stereocenters. The van der Waals surface area contributed by atoms with Gasteiger partial charge in [0.05, 0.1) is 33.7 Å². The Bertz CT molecular complexity index is 711. The molecule has 0 aliphatic heterocycles.